The van der Waals surface area contributed by atoms with Gasteiger partial charge in [0.15, 0.2) is 0 Å². The van der Waals surface area contributed by atoms with Crippen LogP contribution in [0.15, 0.2) is 35.1 Å². The predicted molar refractivity (Wildman–Crippen MR) is 99.5 cm³/mol. The molecule has 1 aromatic heterocycles. The number of rotatable bonds is 6. The van der Waals surface area contributed by atoms with Gasteiger partial charge in [-0.05, 0) is 37.5 Å². The Balaban J connectivity index is 1.69. The second kappa shape index (κ2) is 8.03. The normalized spacial score (nSPS) is 13.7. The number of benzene rings is 1. The van der Waals surface area contributed by atoms with Crippen LogP contribution in [-0.2, 0) is 17.9 Å². The van der Waals surface area contributed by atoms with Crippen LogP contribution >= 0.6 is 0 Å². The molecule has 2 heterocycles. The molecule has 0 aliphatic carbocycles. The van der Waals surface area contributed by atoms with Gasteiger partial charge in [-0.25, -0.2) is 4.98 Å². The van der Waals surface area contributed by atoms with Crippen LogP contribution in [0, 0.1) is 6.92 Å². The molecule has 0 radical (unpaired) electrons. The molecule has 0 atom stereocenters. The molecule has 0 spiro atoms. The van der Waals surface area contributed by atoms with E-state index in [2.05, 4.69) is 15.2 Å². The van der Waals surface area contributed by atoms with Crippen LogP contribution in [0.4, 0.5) is 5.95 Å². The maximum atomic E-state index is 12.4. The number of hydrogen-bond acceptors (Lipinski definition) is 5. The summed E-state index contributed by atoms with van der Waals surface area (Å²) in [5.41, 5.74) is 1.44. The van der Waals surface area contributed by atoms with Gasteiger partial charge in [0.25, 0.3) is 5.56 Å². The zero-order valence-corrected chi connectivity index (χ0v) is 15.2. The first kappa shape index (κ1) is 18.0. The van der Waals surface area contributed by atoms with Gasteiger partial charge in [0, 0.05) is 31.4 Å². The number of aromatic nitrogens is 2. The van der Waals surface area contributed by atoms with E-state index in [0.717, 1.165) is 37.2 Å². The van der Waals surface area contributed by atoms with Crippen molar-refractivity contribution in [3.63, 3.8) is 0 Å². The molecule has 1 aliphatic rings. The Morgan fingerprint density at radius 3 is 2.58 bits per heavy atom. The van der Waals surface area contributed by atoms with Crippen molar-refractivity contribution in [2.45, 2.75) is 32.9 Å². The second-order valence-electron chi connectivity index (χ2n) is 6.44. The highest BCUT2D eigenvalue weighted by atomic mass is 16.5. The number of nitrogens with one attached hydrogen (secondary N) is 1. The molecular formula is C19H24N4O3. The van der Waals surface area contributed by atoms with Gasteiger partial charge in [0.05, 0.1) is 7.11 Å². The summed E-state index contributed by atoms with van der Waals surface area (Å²) in [6.45, 7) is 3.89. The highest BCUT2D eigenvalue weighted by Crippen LogP contribution is 2.17. The molecule has 0 saturated carbocycles. The number of carbonyl (C=O) groups excluding carboxylic acids is 1. The van der Waals surface area contributed by atoms with Crippen molar-refractivity contribution >= 4 is 11.9 Å². The Morgan fingerprint density at radius 2 is 1.92 bits per heavy atom. The molecule has 1 fully saturated rings. The smallest absolute Gasteiger partial charge is 0.255 e. The first-order valence-corrected chi connectivity index (χ1v) is 8.80. The average Bonchev–Trinajstić information content (AvgIpc) is 3.17. The molecule has 3 rings (SSSR count). The van der Waals surface area contributed by atoms with Gasteiger partial charge in [-0.2, -0.15) is 0 Å². The van der Waals surface area contributed by atoms with Crippen LogP contribution in [0.2, 0.25) is 0 Å². The predicted octanol–water partition coefficient (Wildman–Crippen LogP) is 1.48. The summed E-state index contributed by atoms with van der Waals surface area (Å²) < 4.78 is 6.58. The van der Waals surface area contributed by atoms with Crippen molar-refractivity contribution in [2.24, 2.45) is 0 Å². The van der Waals surface area contributed by atoms with E-state index in [1.165, 1.54) is 10.6 Å². The summed E-state index contributed by atoms with van der Waals surface area (Å²) in [5.74, 6) is 1.15. The lowest BCUT2D eigenvalue weighted by molar-refractivity contribution is -0.121. The van der Waals surface area contributed by atoms with Crippen molar-refractivity contribution < 1.29 is 9.53 Å². The minimum atomic E-state index is -0.214. The van der Waals surface area contributed by atoms with Crippen LogP contribution in [0.1, 0.15) is 24.1 Å². The third kappa shape index (κ3) is 4.22. The lowest BCUT2D eigenvalue weighted by atomic mass is 10.2. The Morgan fingerprint density at radius 1 is 1.23 bits per heavy atom. The largest absolute Gasteiger partial charge is 0.497 e. The Labute approximate surface area is 152 Å². The van der Waals surface area contributed by atoms with E-state index < -0.39 is 0 Å². The first-order chi connectivity index (χ1) is 12.6. The third-order valence-corrected chi connectivity index (χ3v) is 4.46. The number of carbonyl (C=O) groups is 1. The fraction of sp³-hybridized carbons (Fsp3) is 0.421. The molecule has 7 nitrogen and oxygen atoms in total. The van der Waals surface area contributed by atoms with E-state index in [0.29, 0.717) is 18.2 Å². The molecule has 7 heteroatoms. The minimum absolute atomic E-state index is 0.0336. The minimum Gasteiger partial charge on any atom is -0.497 e. The average molecular weight is 356 g/mol. The van der Waals surface area contributed by atoms with Crippen molar-refractivity contribution in [1.29, 1.82) is 0 Å². The summed E-state index contributed by atoms with van der Waals surface area (Å²) in [7, 11) is 1.61. The molecule has 26 heavy (non-hydrogen) atoms. The summed E-state index contributed by atoms with van der Waals surface area (Å²) in [6, 6.07) is 8.96. The van der Waals surface area contributed by atoms with Crippen LogP contribution in [0.5, 0.6) is 5.75 Å². The second-order valence-corrected chi connectivity index (χ2v) is 6.44. The topological polar surface area (TPSA) is 76.5 Å². The van der Waals surface area contributed by atoms with E-state index >= 15 is 0 Å². The fourth-order valence-electron chi connectivity index (χ4n) is 3.06. The van der Waals surface area contributed by atoms with Crippen LogP contribution in [-0.4, -0.2) is 35.7 Å². The Hall–Kier alpha value is -2.83. The molecular weight excluding hydrogens is 332 g/mol. The summed E-state index contributed by atoms with van der Waals surface area (Å²) in [5, 5.41) is 2.86. The van der Waals surface area contributed by atoms with Crippen molar-refractivity contribution in [1.82, 2.24) is 14.9 Å². The number of anilines is 1. The quantitative estimate of drug-likeness (QED) is 0.848. The van der Waals surface area contributed by atoms with Gasteiger partial charge >= 0.3 is 0 Å². The summed E-state index contributed by atoms with van der Waals surface area (Å²) in [6.07, 6.45) is 2.15. The zero-order chi connectivity index (χ0) is 18.5. The lowest BCUT2D eigenvalue weighted by Crippen LogP contribution is -2.36. The molecule has 138 valence electrons. The maximum absolute atomic E-state index is 12.4. The summed E-state index contributed by atoms with van der Waals surface area (Å²) >= 11 is 0. The van der Waals surface area contributed by atoms with Gasteiger partial charge in [0.2, 0.25) is 11.9 Å². The van der Waals surface area contributed by atoms with Gasteiger partial charge < -0.3 is 15.0 Å². The van der Waals surface area contributed by atoms with Crippen LogP contribution in [0.3, 0.4) is 0 Å². The van der Waals surface area contributed by atoms with E-state index in [1.807, 2.05) is 24.3 Å². The number of nitrogens with zero attached hydrogens (tertiary/aromatic N) is 3. The number of amides is 1. The highest BCUT2D eigenvalue weighted by Gasteiger charge is 2.20. The zero-order valence-electron chi connectivity index (χ0n) is 15.2. The van der Waals surface area contributed by atoms with Gasteiger partial charge in [-0.1, -0.05) is 12.1 Å². The van der Waals surface area contributed by atoms with Crippen molar-refractivity contribution in [2.75, 3.05) is 25.1 Å². The van der Waals surface area contributed by atoms with Crippen molar-refractivity contribution in [3.05, 3.63) is 51.9 Å². The van der Waals surface area contributed by atoms with Gasteiger partial charge in [0.1, 0.15) is 12.3 Å². The molecule has 1 aliphatic heterocycles. The number of ether oxygens (including phenoxy) is 1. The maximum Gasteiger partial charge on any atom is 0.255 e. The van der Waals surface area contributed by atoms with Crippen LogP contribution in [0.25, 0.3) is 0 Å². The molecule has 0 bridgehead atoms. The van der Waals surface area contributed by atoms with Crippen molar-refractivity contribution in [3.8, 4) is 5.75 Å². The Bertz CT molecular complexity index is 824. The van der Waals surface area contributed by atoms with E-state index in [-0.39, 0.29) is 18.0 Å². The molecule has 2 aromatic rings. The Kier molecular flexibility index (Phi) is 5.55. The van der Waals surface area contributed by atoms with E-state index in [9.17, 15) is 9.59 Å². The monoisotopic (exact) mass is 356 g/mol. The summed E-state index contributed by atoms with van der Waals surface area (Å²) in [4.78, 5) is 31.3. The number of hydrogen-bond donors (Lipinski definition) is 1. The van der Waals surface area contributed by atoms with E-state index in [4.69, 9.17) is 4.74 Å². The molecule has 1 N–H and O–H groups in total. The number of aryl methyl sites for hydroxylation is 1. The van der Waals surface area contributed by atoms with Gasteiger partial charge in [-0.15, -0.1) is 0 Å². The molecule has 1 aromatic carbocycles. The first-order valence-electron chi connectivity index (χ1n) is 8.80. The van der Waals surface area contributed by atoms with E-state index in [1.54, 1.807) is 14.0 Å². The molecule has 0 unspecified atom stereocenters. The van der Waals surface area contributed by atoms with Crippen LogP contribution < -0.4 is 20.5 Å². The standard InChI is InChI=1S/C19H24N4O3/c1-14-11-18(25)23(19(21-14)22-9-3-4-10-22)13-17(24)20-12-15-5-7-16(26-2)8-6-15/h5-8,11H,3-4,9-10,12-13H2,1-2H3,(H,20,24). The number of methoxy groups -OCH3 is 1. The third-order valence-electron chi connectivity index (χ3n) is 4.46. The highest BCUT2D eigenvalue weighted by molar-refractivity contribution is 5.76. The SMILES string of the molecule is COc1ccc(CNC(=O)Cn2c(N3CCCC3)nc(C)cc2=O)cc1. The molecule has 1 amide bonds. The van der Waals surface area contributed by atoms with Gasteiger partial charge in [-0.3, -0.25) is 14.2 Å². The lowest BCUT2D eigenvalue weighted by Gasteiger charge is -2.21. The fourth-order valence-corrected chi connectivity index (χ4v) is 3.06. The molecule has 1 saturated heterocycles.